The Balaban J connectivity index is 1.44. The van der Waals surface area contributed by atoms with Gasteiger partial charge in [0.15, 0.2) is 0 Å². The number of nitrogens with one attached hydrogen (secondary N) is 1. The molecule has 0 saturated carbocycles. The number of fused-ring (bicyclic) bond motifs is 2. The molecule has 2 amide bonds. The average molecular weight is 538 g/mol. The zero-order valence-electron chi connectivity index (χ0n) is 20.7. The molecule has 1 fully saturated rings. The zero-order chi connectivity index (χ0) is 26.3. The maximum Gasteiger partial charge on any atom is 0.326 e. The van der Waals surface area contributed by atoms with Gasteiger partial charge < -0.3 is 15.4 Å². The molecule has 10 nitrogen and oxygen atoms in total. The van der Waals surface area contributed by atoms with Crippen molar-refractivity contribution < 1.29 is 22.0 Å². The van der Waals surface area contributed by atoms with Gasteiger partial charge in [-0.2, -0.15) is 13.5 Å². The van der Waals surface area contributed by atoms with Gasteiger partial charge in [0.1, 0.15) is 6.54 Å². The molecular formula is C24H31F2N6O4S-. The number of benzene rings is 1. The maximum absolute atomic E-state index is 13.6. The van der Waals surface area contributed by atoms with Crippen LogP contribution in [0.15, 0.2) is 18.5 Å². The van der Waals surface area contributed by atoms with E-state index in [1.165, 1.54) is 6.20 Å². The number of nitrogens with zero attached hydrogens (tertiary/aromatic N) is 5. The number of likely N-dealkylation sites (tertiary alicyclic amines) is 1. The van der Waals surface area contributed by atoms with Gasteiger partial charge in [-0.3, -0.25) is 9.15 Å². The van der Waals surface area contributed by atoms with E-state index in [4.69, 9.17) is 0 Å². The molecule has 202 valence electrons. The molecule has 0 bridgehead atoms. The number of rotatable bonds is 7. The number of amides is 2. The predicted octanol–water partition coefficient (Wildman–Crippen LogP) is 3.30. The Kier molecular flexibility index (Phi) is 7.12. The number of piperidine rings is 1. The summed E-state index contributed by atoms with van der Waals surface area (Å²) in [6, 6.07) is 0.262. The molecule has 3 aliphatic rings. The summed E-state index contributed by atoms with van der Waals surface area (Å²) in [4.78, 5) is 15.2. The Hall–Kier alpha value is -2.77. The van der Waals surface area contributed by atoms with Gasteiger partial charge in [0.25, 0.3) is 6.43 Å². The fourth-order valence-corrected chi connectivity index (χ4v) is 7.14. The Labute approximate surface area is 215 Å². The van der Waals surface area contributed by atoms with E-state index in [2.05, 4.69) is 16.5 Å². The van der Waals surface area contributed by atoms with Crippen molar-refractivity contribution in [3.8, 4) is 0 Å². The number of hydrogen-bond acceptors (Lipinski definition) is 6. The minimum absolute atomic E-state index is 0.0228. The van der Waals surface area contributed by atoms with Crippen molar-refractivity contribution in [1.82, 2.24) is 19.1 Å². The van der Waals surface area contributed by atoms with Crippen LogP contribution < -0.4 is 9.62 Å². The number of carbonyl (C=O) groups excluding carboxylic acids is 1. The van der Waals surface area contributed by atoms with Crippen LogP contribution >= 0.6 is 0 Å². The van der Waals surface area contributed by atoms with Crippen LogP contribution in [0.1, 0.15) is 47.9 Å². The first-order valence-corrected chi connectivity index (χ1v) is 14.0. The lowest BCUT2D eigenvalue weighted by atomic mass is 9.99. The second-order valence-electron chi connectivity index (χ2n) is 10.0. The van der Waals surface area contributed by atoms with Gasteiger partial charge in [-0.05, 0) is 93.8 Å². The van der Waals surface area contributed by atoms with E-state index in [-0.39, 0.29) is 5.69 Å². The quantitative estimate of drug-likeness (QED) is 0.542. The van der Waals surface area contributed by atoms with Gasteiger partial charge in [-0.15, -0.1) is 0 Å². The van der Waals surface area contributed by atoms with E-state index in [9.17, 15) is 27.2 Å². The highest BCUT2D eigenvalue weighted by molar-refractivity contribution is 7.91. The predicted molar refractivity (Wildman–Crippen MR) is 135 cm³/mol. The summed E-state index contributed by atoms with van der Waals surface area (Å²) in [6.45, 7) is 0.442. The van der Waals surface area contributed by atoms with E-state index in [1.54, 1.807) is 0 Å². The van der Waals surface area contributed by atoms with Crippen LogP contribution in [0.4, 0.5) is 25.0 Å². The normalized spacial score (nSPS) is 18.2. The molecule has 0 atom stereocenters. The summed E-state index contributed by atoms with van der Waals surface area (Å²) in [5, 5.41) is 19.7. The first-order valence-electron chi connectivity index (χ1n) is 12.6. The number of hydroxylamine groups is 1. The van der Waals surface area contributed by atoms with Crippen molar-refractivity contribution in [3.63, 3.8) is 0 Å². The van der Waals surface area contributed by atoms with Crippen molar-refractivity contribution in [2.45, 2.75) is 70.4 Å². The minimum Gasteiger partial charge on any atom is -0.740 e. The molecule has 1 saturated heterocycles. The van der Waals surface area contributed by atoms with Gasteiger partial charge in [-0.1, -0.05) is 6.07 Å². The van der Waals surface area contributed by atoms with E-state index in [0.717, 1.165) is 76.0 Å². The molecule has 1 aliphatic heterocycles. The smallest absolute Gasteiger partial charge is 0.326 e. The van der Waals surface area contributed by atoms with E-state index < -0.39 is 39.7 Å². The van der Waals surface area contributed by atoms with E-state index in [0.29, 0.717) is 31.6 Å². The number of alkyl halides is 2. The Morgan fingerprint density at radius 1 is 1.16 bits per heavy atom. The van der Waals surface area contributed by atoms with Crippen LogP contribution in [0.3, 0.4) is 0 Å². The molecular weight excluding hydrogens is 506 g/mol. The van der Waals surface area contributed by atoms with Crippen molar-refractivity contribution in [2.24, 2.45) is 0 Å². The number of urea groups is 1. The molecule has 1 aromatic heterocycles. The molecule has 5 rings (SSSR count). The summed E-state index contributed by atoms with van der Waals surface area (Å²) in [5.74, 6) is 0. The molecule has 0 unspecified atom stereocenters. The molecule has 0 spiro atoms. The van der Waals surface area contributed by atoms with Crippen molar-refractivity contribution in [1.29, 1.82) is 0 Å². The molecule has 37 heavy (non-hydrogen) atoms. The first kappa shape index (κ1) is 25.9. The summed E-state index contributed by atoms with van der Waals surface area (Å²) in [7, 11) is -2.99. The van der Waals surface area contributed by atoms with Gasteiger partial charge in [0.05, 0.1) is 11.9 Å². The first-order chi connectivity index (χ1) is 17.6. The van der Waals surface area contributed by atoms with Crippen LogP contribution in [0.5, 0.6) is 0 Å². The van der Waals surface area contributed by atoms with Crippen LogP contribution in [0, 0.1) is 5.21 Å². The minimum atomic E-state index is -4.89. The fraction of sp³-hybridized carbons (Fsp3) is 0.583. The zero-order valence-corrected chi connectivity index (χ0v) is 21.5. The van der Waals surface area contributed by atoms with Crippen LogP contribution in [0.25, 0.3) is 0 Å². The SMILES string of the molecule is CN1CCC(N(c2cnn(CC(F)F)c2)S(=O)(=O)N([O-])C(=O)Nc2c3c(cc4c2CCC4)CCC3)CC1. The third-order valence-electron chi connectivity index (χ3n) is 7.55. The standard InChI is InChI=1S/C24H31F2N6O4S/c1-29-10-8-18(9-11-29)31(19-13-27-30(14-19)15-22(25)26)37(35,36)32(34)24(33)28-23-20-6-2-4-16(20)12-17-5-3-7-21(17)23/h12-14,18,22H,2-11,15H2,1H3,(H,28,33)/q-1. The number of hydrogen-bond donors (Lipinski definition) is 1. The number of carbonyl (C=O) groups is 1. The number of aromatic nitrogens is 2. The molecule has 13 heteroatoms. The Morgan fingerprint density at radius 3 is 2.38 bits per heavy atom. The second-order valence-corrected chi connectivity index (χ2v) is 11.7. The van der Waals surface area contributed by atoms with Crippen molar-refractivity contribution in [3.05, 3.63) is 45.9 Å². The van der Waals surface area contributed by atoms with Crippen LogP contribution in [-0.4, -0.2) is 66.2 Å². The third-order valence-corrected chi connectivity index (χ3v) is 9.14. The highest BCUT2D eigenvalue weighted by Crippen LogP contribution is 2.39. The largest absolute Gasteiger partial charge is 0.740 e. The lowest BCUT2D eigenvalue weighted by Crippen LogP contribution is -2.52. The number of halogens is 2. The van der Waals surface area contributed by atoms with Gasteiger partial charge in [-0.25, -0.2) is 17.9 Å². The molecule has 2 aliphatic carbocycles. The van der Waals surface area contributed by atoms with Gasteiger partial charge in [0, 0.05) is 17.9 Å². The van der Waals surface area contributed by atoms with E-state index >= 15 is 0 Å². The van der Waals surface area contributed by atoms with Crippen molar-refractivity contribution in [2.75, 3.05) is 29.8 Å². The topological polar surface area (TPSA) is 114 Å². The highest BCUT2D eigenvalue weighted by atomic mass is 32.2. The second kappa shape index (κ2) is 10.2. The summed E-state index contributed by atoms with van der Waals surface area (Å²) in [6.07, 6.45) is 5.61. The summed E-state index contributed by atoms with van der Waals surface area (Å²) < 4.78 is 54.3. The molecule has 1 N–H and O–H groups in total. The molecule has 2 aromatic rings. The number of anilines is 2. The number of aryl methyl sites for hydroxylation is 2. The molecule has 2 heterocycles. The highest BCUT2D eigenvalue weighted by Gasteiger charge is 2.37. The molecule has 1 aromatic carbocycles. The van der Waals surface area contributed by atoms with Crippen LogP contribution in [0.2, 0.25) is 0 Å². The van der Waals surface area contributed by atoms with Crippen molar-refractivity contribution >= 4 is 27.6 Å². The van der Waals surface area contributed by atoms with E-state index in [1.807, 2.05) is 11.9 Å². The summed E-state index contributed by atoms with van der Waals surface area (Å²) >= 11 is 0. The van der Waals surface area contributed by atoms with Gasteiger partial charge in [0.2, 0.25) is 0 Å². The summed E-state index contributed by atoms with van der Waals surface area (Å²) in [5.41, 5.74) is 4.76. The maximum atomic E-state index is 13.6. The monoisotopic (exact) mass is 537 g/mol. The van der Waals surface area contributed by atoms with Gasteiger partial charge >= 0.3 is 16.2 Å². The Morgan fingerprint density at radius 2 is 1.78 bits per heavy atom. The fourth-order valence-electron chi connectivity index (χ4n) is 5.77. The third kappa shape index (κ3) is 5.04. The molecule has 0 radical (unpaired) electrons. The Bertz CT molecular complexity index is 1240. The lowest BCUT2D eigenvalue weighted by Gasteiger charge is -2.41. The average Bonchev–Trinajstić information content (AvgIpc) is 3.60. The lowest BCUT2D eigenvalue weighted by molar-refractivity contribution is 0.122. The van der Waals surface area contributed by atoms with Crippen LogP contribution in [-0.2, 0) is 42.4 Å².